The van der Waals surface area contributed by atoms with E-state index >= 15 is 0 Å². The number of hydrogen-bond donors (Lipinski definition) is 1. The first kappa shape index (κ1) is 10.8. The largest absolute Gasteiger partial charge is 0.384 e. The van der Waals surface area contributed by atoms with Crippen molar-refractivity contribution in [2.45, 2.75) is 51.0 Å². The number of fused-ring (bicyclic) bond motifs is 1. The highest BCUT2D eigenvalue weighted by Crippen LogP contribution is 2.62. The minimum absolute atomic E-state index is 0.135. The monoisotopic (exact) mass is 236 g/mol. The van der Waals surface area contributed by atoms with Crippen molar-refractivity contribution < 1.29 is 5.11 Å². The van der Waals surface area contributed by atoms with Crippen molar-refractivity contribution >= 4 is 11.3 Å². The van der Waals surface area contributed by atoms with Crippen molar-refractivity contribution in [1.29, 1.82) is 0 Å². The zero-order valence-corrected chi connectivity index (χ0v) is 10.7. The molecule has 0 amide bonds. The number of aliphatic hydroxyl groups is 1. The third kappa shape index (κ3) is 1.26. The van der Waals surface area contributed by atoms with Crippen LogP contribution in [0.2, 0.25) is 0 Å². The summed E-state index contributed by atoms with van der Waals surface area (Å²) >= 11 is 1.72. The molecule has 1 heterocycles. The molecule has 3 rings (SSSR count). The summed E-state index contributed by atoms with van der Waals surface area (Å²) in [6.07, 6.45) is 7.36. The van der Waals surface area contributed by atoms with Crippen LogP contribution in [0.4, 0.5) is 0 Å². The maximum absolute atomic E-state index is 11.1. The van der Waals surface area contributed by atoms with E-state index in [1.165, 1.54) is 37.0 Å². The minimum atomic E-state index is -0.535. The quantitative estimate of drug-likeness (QED) is 0.783. The van der Waals surface area contributed by atoms with E-state index in [0.717, 1.165) is 12.3 Å². The van der Waals surface area contributed by atoms with Crippen LogP contribution in [0.1, 0.15) is 50.3 Å². The highest BCUT2D eigenvalue weighted by molar-refractivity contribution is 7.10. The number of thiophene rings is 1. The summed E-state index contributed by atoms with van der Waals surface area (Å²) in [4.78, 5) is 1.19. The van der Waals surface area contributed by atoms with Gasteiger partial charge in [-0.3, -0.25) is 0 Å². The molecule has 1 nitrogen and oxygen atoms in total. The van der Waals surface area contributed by atoms with Gasteiger partial charge in [-0.25, -0.2) is 0 Å². The van der Waals surface area contributed by atoms with Gasteiger partial charge in [0.2, 0.25) is 0 Å². The molecule has 2 heteroatoms. The van der Waals surface area contributed by atoms with Crippen LogP contribution in [0.15, 0.2) is 17.5 Å². The van der Waals surface area contributed by atoms with Crippen LogP contribution in [-0.4, -0.2) is 5.11 Å². The molecule has 0 saturated heterocycles. The van der Waals surface area contributed by atoms with Crippen LogP contribution < -0.4 is 0 Å². The Morgan fingerprint density at radius 2 is 2.19 bits per heavy atom. The molecule has 88 valence electrons. The van der Waals surface area contributed by atoms with Gasteiger partial charge in [-0.1, -0.05) is 25.8 Å². The van der Waals surface area contributed by atoms with Gasteiger partial charge in [-0.05, 0) is 43.0 Å². The van der Waals surface area contributed by atoms with Crippen LogP contribution in [0.3, 0.4) is 0 Å². The molecule has 3 unspecified atom stereocenters. The normalized spacial score (nSPS) is 43.2. The first-order chi connectivity index (χ1) is 7.67. The predicted octanol–water partition coefficient (Wildman–Crippen LogP) is 3.93. The summed E-state index contributed by atoms with van der Waals surface area (Å²) in [6.45, 7) is 2.32. The predicted molar refractivity (Wildman–Crippen MR) is 67.5 cm³/mol. The van der Waals surface area contributed by atoms with E-state index in [0.29, 0.717) is 0 Å². The van der Waals surface area contributed by atoms with Gasteiger partial charge in [-0.15, -0.1) is 11.3 Å². The highest BCUT2D eigenvalue weighted by Gasteiger charge is 2.57. The lowest BCUT2D eigenvalue weighted by Gasteiger charge is -2.45. The smallest absolute Gasteiger partial charge is 0.104 e. The van der Waals surface area contributed by atoms with E-state index in [1.807, 2.05) is 0 Å². The maximum Gasteiger partial charge on any atom is 0.104 e. The van der Waals surface area contributed by atoms with Crippen LogP contribution in [0.5, 0.6) is 0 Å². The molecule has 0 spiro atoms. The Morgan fingerprint density at radius 1 is 1.31 bits per heavy atom. The molecular formula is C14H20OS. The van der Waals surface area contributed by atoms with Gasteiger partial charge in [0.1, 0.15) is 5.60 Å². The summed E-state index contributed by atoms with van der Waals surface area (Å²) in [5, 5.41) is 13.2. The second-order valence-corrected chi connectivity index (χ2v) is 6.68. The fourth-order valence-corrected chi connectivity index (χ4v) is 4.99. The SMILES string of the molecule is CC12CCCCC1CCC2(O)c1cccs1. The molecule has 0 aromatic carbocycles. The molecule has 2 fully saturated rings. The maximum atomic E-state index is 11.1. The van der Waals surface area contributed by atoms with Crippen LogP contribution in [0, 0.1) is 11.3 Å². The second-order valence-electron chi connectivity index (χ2n) is 5.74. The topological polar surface area (TPSA) is 20.2 Å². The summed E-state index contributed by atoms with van der Waals surface area (Å²) in [7, 11) is 0. The Kier molecular flexibility index (Phi) is 2.41. The standard InChI is InChI=1S/C14H20OS/c1-13-8-3-2-5-11(13)7-9-14(13,15)12-6-4-10-16-12/h4,6,10-11,15H,2-3,5,7-9H2,1H3. The molecule has 3 atom stereocenters. The van der Waals surface area contributed by atoms with Crippen molar-refractivity contribution in [3.8, 4) is 0 Å². The van der Waals surface area contributed by atoms with E-state index in [2.05, 4.69) is 24.4 Å². The Labute approximate surface area is 102 Å². The molecule has 0 aliphatic heterocycles. The first-order valence-corrected chi connectivity index (χ1v) is 7.31. The molecule has 2 aliphatic rings. The van der Waals surface area contributed by atoms with Crippen molar-refractivity contribution in [1.82, 2.24) is 0 Å². The summed E-state index contributed by atoms with van der Waals surface area (Å²) in [5.41, 5.74) is -0.400. The van der Waals surface area contributed by atoms with Crippen LogP contribution in [-0.2, 0) is 5.60 Å². The molecule has 2 aliphatic carbocycles. The highest BCUT2D eigenvalue weighted by atomic mass is 32.1. The van der Waals surface area contributed by atoms with Crippen molar-refractivity contribution in [3.63, 3.8) is 0 Å². The van der Waals surface area contributed by atoms with Gasteiger partial charge in [0.05, 0.1) is 0 Å². The molecular weight excluding hydrogens is 216 g/mol. The molecule has 1 aromatic rings. The molecule has 1 aromatic heterocycles. The summed E-state index contributed by atoms with van der Waals surface area (Å²) in [5.74, 6) is 0.744. The molecule has 16 heavy (non-hydrogen) atoms. The van der Waals surface area contributed by atoms with Gasteiger partial charge >= 0.3 is 0 Å². The second kappa shape index (κ2) is 3.58. The van der Waals surface area contributed by atoms with Gasteiger partial charge in [0.25, 0.3) is 0 Å². The molecule has 2 saturated carbocycles. The zero-order valence-electron chi connectivity index (χ0n) is 9.91. The van der Waals surface area contributed by atoms with E-state index in [1.54, 1.807) is 11.3 Å². The number of rotatable bonds is 1. The van der Waals surface area contributed by atoms with Crippen LogP contribution >= 0.6 is 11.3 Å². The summed E-state index contributed by atoms with van der Waals surface area (Å²) < 4.78 is 0. The van der Waals surface area contributed by atoms with Gasteiger partial charge in [-0.2, -0.15) is 0 Å². The summed E-state index contributed by atoms with van der Waals surface area (Å²) in [6, 6.07) is 4.18. The van der Waals surface area contributed by atoms with E-state index < -0.39 is 5.60 Å². The minimum Gasteiger partial charge on any atom is -0.384 e. The molecule has 1 N–H and O–H groups in total. The van der Waals surface area contributed by atoms with E-state index in [4.69, 9.17) is 0 Å². The van der Waals surface area contributed by atoms with Crippen molar-refractivity contribution in [2.24, 2.45) is 11.3 Å². The Hall–Kier alpha value is -0.340. The fourth-order valence-electron chi connectivity index (χ4n) is 4.00. The Bertz CT molecular complexity index is 372. The van der Waals surface area contributed by atoms with E-state index in [-0.39, 0.29) is 5.41 Å². The third-order valence-corrected chi connectivity index (χ3v) is 6.15. The lowest BCUT2D eigenvalue weighted by molar-refractivity contribution is -0.0877. The van der Waals surface area contributed by atoms with Gasteiger partial charge < -0.3 is 5.11 Å². The average molecular weight is 236 g/mol. The first-order valence-electron chi connectivity index (χ1n) is 6.43. The lowest BCUT2D eigenvalue weighted by atomic mass is 9.63. The van der Waals surface area contributed by atoms with E-state index in [9.17, 15) is 5.11 Å². The zero-order chi connectivity index (χ0) is 11.2. The lowest BCUT2D eigenvalue weighted by Crippen LogP contribution is -2.43. The number of hydrogen-bond acceptors (Lipinski definition) is 2. The van der Waals surface area contributed by atoms with Crippen molar-refractivity contribution in [2.75, 3.05) is 0 Å². The molecule has 0 bridgehead atoms. The van der Waals surface area contributed by atoms with Gasteiger partial charge in [0.15, 0.2) is 0 Å². The molecule has 0 radical (unpaired) electrons. The van der Waals surface area contributed by atoms with Crippen LogP contribution in [0.25, 0.3) is 0 Å². The third-order valence-electron chi connectivity index (χ3n) is 5.13. The Morgan fingerprint density at radius 3 is 2.94 bits per heavy atom. The fraction of sp³-hybridized carbons (Fsp3) is 0.714. The Balaban J connectivity index is 2.02. The van der Waals surface area contributed by atoms with Gasteiger partial charge in [0, 0.05) is 10.3 Å². The van der Waals surface area contributed by atoms with Crippen molar-refractivity contribution in [3.05, 3.63) is 22.4 Å². The average Bonchev–Trinajstić information content (AvgIpc) is 2.87.